The SMILES string of the molecule is CCC(C)(C)NC(=O)c1nn(CC2(n3cc(Cl)c4cccnc43)CCCC2)cc(O)c1=O. The second-order valence-electron chi connectivity index (χ2n) is 9.23. The third-order valence-corrected chi connectivity index (χ3v) is 6.82. The van der Waals surface area contributed by atoms with Crippen LogP contribution in [0.5, 0.6) is 5.75 Å². The fraction of sp³-hybridized carbons (Fsp3) is 0.478. The van der Waals surface area contributed by atoms with Crippen LogP contribution in [-0.4, -0.2) is 35.9 Å². The van der Waals surface area contributed by atoms with E-state index in [0.717, 1.165) is 36.7 Å². The number of nitrogens with one attached hydrogen (secondary N) is 1. The van der Waals surface area contributed by atoms with Crippen molar-refractivity contribution in [3.63, 3.8) is 0 Å². The number of amides is 1. The highest BCUT2D eigenvalue weighted by Gasteiger charge is 2.38. The van der Waals surface area contributed by atoms with Gasteiger partial charge in [-0.3, -0.25) is 14.3 Å². The van der Waals surface area contributed by atoms with Crippen LogP contribution in [0.1, 0.15) is 63.4 Å². The van der Waals surface area contributed by atoms with E-state index in [1.54, 1.807) is 6.20 Å². The second kappa shape index (κ2) is 8.24. The number of fused-ring (bicyclic) bond motifs is 1. The van der Waals surface area contributed by atoms with Crippen molar-refractivity contribution in [2.24, 2.45) is 0 Å². The van der Waals surface area contributed by atoms with Crippen molar-refractivity contribution in [2.45, 2.75) is 70.5 Å². The molecule has 1 amide bonds. The van der Waals surface area contributed by atoms with Crippen LogP contribution in [0.3, 0.4) is 0 Å². The van der Waals surface area contributed by atoms with Crippen LogP contribution >= 0.6 is 11.6 Å². The van der Waals surface area contributed by atoms with Gasteiger partial charge in [-0.1, -0.05) is 31.4 Å². The Kier molecular flexibility index (Phi) is 5.75. The Morgan fingerprint density at radius 2 is 2.03 bits per heavy atom. The van der Waals surface area contributed by atoms with Gasteiger partial charge in [0.2, 0.25) is 0 Å². The molecule has 32 heavy (non-hydrogen) atoms. The quantitative estimate of drug-likeness (QED) is 0.585. The van der Waals surface area contributed by atoms with E-state index in [1.807, 2.05) is 39.1 Å². The molecule has 0 bridgehead atoms. The first-order chi connectivity index (χ1) is 15.2. The lowest BCUT2D eigenvalue weighted by Gasteiger charge is -2.32. The Morgan fingerprint density at radius 3 is 2.72 bits per heavy atom. The maximum absolute atomic E-state index is 12.8. The monoisotopic (exact) mass is 457 g/mol. The van der Waals surface area contributed by atoms with Crippen molar-refractivity contribution in [3.05, 3.63) is 51.7 Å². The van der Waals surface area contributed by atoms with Crippen molar-refractivity contribution in [3.8, 4) is 5.75 Å². The highest BCUT2D eigenvalue weighted by atomic mass is 35.5. The number of hydrogen-bond donors (Lipinski definition) is 2. The molecule has 3 aromatic heterocycles. The summed E-state index contributed by atoms with van der Waals surface area (Å²) in [4.78, 5) is 29.8. The summed E-state index contributed by atoms with van der Waals surface area (Å²) in [6.07, 6.45) is 9.38. The topological polar surface area (TPSA) is 102 Å². The minimum atomic E-state index is -0.776. The number of nitrogens with zero attached hydrogens (tertiary/aromatic N) is 4. The fourth-order valence-electron chi connectivity index (χ4n) is 4.40. The summed E-state index contributed by atoms with van der Waals surface area (Å²) in [5.74, 6) is -1.09. The van der Waals surface area contributed by atoms with Gasteiger partial charge in [0.05, 0.1) is 23.3 Å². The molecule has 0 spiro atoms. The third kappa shape index (κ3) is 3.99. The molecule has 9 heteroatoms. The van der Waals surface area contributed by atoms with Gasteiger partial charge >= 0.3 is 0 Å². The summed E-state index contributed by atoms with van der Waals surface area (Å²) < 4.78 is 3.59. The van der Waals surface area contributed by atoms with E-state index in [-0.39, 0.29) is 11.2 Å². The average molecular weight is 458 g/mol. The summed E-state index contributed by atoms with van der Waals surface area (Å²) in [7, 11) is 0. The van der Waals surface area contributed by atoms with Gasteiger partial charge in [-0.25, -0.2) is 4.98 Å². The molecule has 0 aromatic carbocycles. The Bertz CT molecular complexity index is 1220. The first kappa shape index (κ1) is 22.3. The summed E-state index contributed by atoms with van der Waals surface area (Å²) in [5.41, 5.74) is -1.19. The van der Waals surface area contributed by atoms with Crippen molar-refractivity contribution in [2.75, 3.05) is 0 Å². The predicted molar refractivity (Wildman–Crippen MR) is 123 cm³/mol. The first-order valence-corrected chi connectivity index (χ1v) is 11.3. The molecule has 8 nitrogen and oxygen atoms in total. The number of carbonyl (C=O) groups excluding carboxylic acids is 1. The zero-order valence-electron chi connectivity index (χ0n) is 18.6. The molecular formula is C23H28ClN5O3. The number of hydrogen-bond acceptors (Lipinski definition) is 5. The molecular weight excluding hydrogens is 430 g/mol. The number of carbonyl (C=O) groups is 1. The molecule has 0 saturated heterocycles. The van der Waals surface area contributed by atoms with Gasteiger partial charge in [0.25, 0.3) is 11.3 Å². The Balaban J connectivity index is 1.75. The molecule has 4 rings (SSSR count). The first-order valence-electron chi connectivity index (χ1n) is 10.9. The molecule has 0 radical (unpaired) electrons. The van der Waals surface area contributed by atoms with Gasteiger partial charge in [-0.15, -0.1) is 0 Å². The average Bonchev–Trinajstić information content (AvgIpc) is 3.36. The lowest BCUT2D eigenvalue weighted by Crippen LogP contribution is -2.45. The molecule has 2 N–H and O–H groups in total. The highest BCUT2D eigenvalue weighted by molar-refractivity contribution is 6.35. The molecule has 1 fully saturated rings. The van der Waals surface area contributed by atoms with Crippen LogP contribution < -0.4 is 10.7 Å². The van der Waals surface area contributed by atoms with Crippen LogP contribution in [0.2, 0.25) is 5.02 Å². The van der Waals surface area contributed by atoms with E-state index in [0.29, 0.717) is 18.0 Å². The smallest absolute Gasteiger partial charge is 0.276 e. The second-order valence-corrected chi connectivity index (χ2v) is 9.64. The van der Waals surface area contributed by atoms with Crippen molar-refractivity contribution in [1.82, 2.24) is 24.6 Å². The Hall–Kier alpha value is -2.87. The molecule has 1 aliphatic rings. The Morgan fingerprint density at radius 1 is 1.31 bits per heavy atom. The lowest BCUT2D eigenvalue weighted by molar-refractivity contribution is 0.0900. The number of halogens is 1. The van der Waals surface area contributed by atoms with E-state index >= 15 is 0 Å². The van der Waals surface area contributed by atoms with Crippen LogP contribution in [0.4, 0.5) is 0 Å². The summed E-state index contributed by atoms with van der Waals surface area (Å²) in [6.45, 7) is 6.05. The minimum Gasteiger partial charge on any atom is -0.503 e. The fourth-order valence-corrected chi connectivity index (χ4v) is 4.64. The largest absolute Gasteiger partial charge is 0.503 e. The van der Waals surface area contributed by atoms with E-state index in [4.69, 9.17) is 11.6 Å². The summed E-state index contributed by atoms with van der Waals surface area (Å²) in [6, 6.07) is 3.79. The number of pyridine rings is 1. The van der Waals surface area contributed by atoms with Crippen molar-refractivity contribution < 1.29 is 9.90 Å². The van der Waals surface area contributed by atoms with Gasteiger partial charge < -0.3 is 15.0 Å². The number of aromatic nitrogens is 4. The molecule has 3 aromatic rings. The van der Waals surface area contributed by atoms with Gasteiger partial charge in [0.1, 0.15) is 5.65 Å². The van der Waals surface area contributed by atoms with E-state index in [2.05, 4.69) is 20.0 Å². The van der Waals surface area contributed by atoms with E-state index in [9.17, 15) is 14.7 Å². The molecule has 0 atom stereocenters. The molecule has 1 saturated carbocycles. The summed E-state index contributed by atoms with van der Waals surface area (Å²) >= 11 is 6.49. The predicted octanol–water partition coefficient (Wildman–Crippen LogP) is 3.84. The van der Waals surface area contributed by atoms with Crippen LogP contribution in [-0.2, 0) is 12.1 Å². The van der Waals surface area contributed by atoms with E-state index < -0.39 is 22.6 Å². The van der Waals surface area contributed by atoms with Crippen molar-refractivity contribution in [1.29, 1.82) is 0 Å². The van der Waals surface area contributed by atoms with Gasteiger partial charge in [-0.2, -0.15) is 5.10 Å². The maximum Gasteiger partial charge on any atom is 0.276 e. The third-order valence-electron chi connectivity index (χ3n) is 6.51. The molecule has 0 aliphatic heterocycles. The summed E-state index contributed by atoms with van der Waals surface area (Å²) in [5, 5.41) is 19.0. The van der Waals surface area contributed by atoms with Crippen LogP contribution in [0.25, 0.3) is 11.0 Å². The Labute approximate surface area is 191 Å². The van der Waals surface area contributed by atoms with Crippen molar-refractivity contribution >= 4 is 28.5 Å². The van der Waals surface area contributed by atoms with E-state index in [1.165, 1.54) is 10.9 Å². The number of rotatable bonds is 6. The lowest BCUT2D eigenvalue weighted by atomic mass is 9.97. The van der Waals surface area contributed by atoms with Gasteiger partial charge in [-0.05, 0) is 45.2 Å². The maximum atomic E-state index is 12.8. The molecule has 1 aliphatic carbocycles. The van der Waals surface area contributed by atoms with Gasteiger partial charge in [0.15, 0.2) is 11.4 Å². The standard InChI is InChI=1S/C23H28ClN5O3/c1-4-22(2,3)26-21(32)18-19(31)17(30)13-28(27-18)14-23(9-5-6-10-23)29-12-16(24)15-8-7-11-25-20(15)29/h7-8,11-13,30H,4-6,9-10,14H2,1-3H3,(H,26,32). The normalized spacial score (nSPS) is 15.9. The number of aromatic hydroxyl groups is 1. The minimum absolute atomic E-state index is 0.312. The molecule has 3 heterocycles. The van der Waals surface area contributed by atoms with Gasteiger partial charge in [0, 0.05) is 23.3 Å². The van der Waals surface area contributed by atoms with Crippen LogP contribution in [0, 0.1) is 0 Å². The zero-order chi connectivity index (χ0) is 23.1. The zero-order valence-corrected chi connectivity index (χ0v) is 19.3. The molecule has 170 valence electrons. The molecule has 0 unspecified atom stereocenters. The van der Waals surface area contributed by atoms with Crippen LogP contribution in [0.15, 0.2) is 35.5 Å². The highest BCUT2D eigenvalue weighted by Crippen LogP contribution is 2.41.